The van der Waals surface area contributed by atoms with Gasteiger partial charge in [-0.2, -0.15) is 4.31 Å². The van der Waals surface area contributed by atoms with Crippen molar-refractivity contribution in [1.82, 2.24) is 4.31 Å². The molecule has 0 radical (unpaired) electrons. The van der Waals surface area contributed by atoms with Gasteiger partial charge in [-0.25, -0.2) is 8.42 Å². The van der Waals surface area contributed by atoms with Crippen LogP contribution < -0.4 is 4.90 Å². The Morgan fingerprint density at radius 1 is 1.14 bits per heavy atom. The van der Waals surface area contributed by atoms with Crippen molar-refractivity contribution in [3.8, 4) is 0 Å². The maximum Gasteiger partial charge on any atom is 0.243 e. The lowest BCUT2D eigenvalue weighted by atomic mass is 9.83. The van der Waals surface area contributed by atoms with Crippen molar-refractivity contribution in [2.45, 2.75) is 38.0 Å². The van der Waals surface area contributed by atoms with E-state index in [9.17, 15) is 13.2 Å². The summed E-state index contributed by atoms with van der Waals surface area (Å²) in [5.41, 5.74) is 1.81. The second-order valence-electron chi connectivity index (χ2n) is 6.99. The number of carbonyl (C=O) groups is 1. The fourth-order valence-electron chi connectivity index (χ4n) is 3.09. The lowest BCUT2D eigenvalue weighted by Crippen LogP contribution is -2.41. The Morgan fingerprint density at radius 3 is 2.41 bits per heavy atom. The number of benzene rings is 1. The van der Waals surface area contributed by atoms with Crippen molar-refractivity contribution in [3.63, 3.8) is 0 Å². The predicted molar refractivity (Wildman–Crippen MR) is 85.3 cm³/mol. The second-order valence-corrected chi connectivity index (χ2v) is 8.93. The first kappa shape index (κ1) is 15.5. The van der Waals surface area contributed by atoms with Gasteiger partial charge in [-0.15, -0.1) is 0 Å². The summed E-state index contributed by atoms with van der Waals surface area (Å²) in [7, 11) is -1.75. The summed E-state index contributed by atoms with van der Waals surface area (Å²) in [6.45, 7) is 5.47. The number of hydrogen-bond donors (Lipinski definition) is 0. The first-order chi connectivity index (χ1) is 10.2. The van der Waals surface area contributed by atoms with Gasteiger partial charge in [0.25, 0.3) is 0 Å². The van der Waals surface area contributed by atoms with Gasteiger partial charge in [0.1, 0.15) is 0 Å². The van der Waals surface area contributed by atoms with Crippen LogP contribution in [0.3, 0.4) is 0 Å². The molecule has 1 fully saturated rings. The third-order valence-corrected chi connectivity index (χ3v) is 6.74. The van der Waals surface area contributed by atoms with Crippen LogP contribution in [-0.2, 0) is 21.2 Å². The molecule has 3 rings (SSSR count). The Balaban J connectivity index is 1.88. The molecule has 0 aromatic heterocycles. The maximum atomic E-state index is 12.8. The Morgan fingerprint density at radius 2 is 1.77 bits per heavy atom. The fourth-order valence-corrected chi connectivity index (χ4v) is 4.58. The summed E-state index contributed by atoms with van der Waals surface area (Å²) >= 11 is 0. The highest BCUT2D eigenvalue weighted by molar-refractivity contribution is 7.89. The van der Waals surface area contributed by atoms with E-state index >= 15 is 0 Å². The molecular formula is C16H22N2O3S. The van der Waals surface area contributed by atoms with Gasteiger partial charge in [-0.3, -0.25) is 4.79 Å². The molecule has 0 atom stereocenters. The molecule has 6 heteroatoms. The van der Waals surface area contributed by atoms with Crippen molar-refractivity contribution in [3.05, 3.63) is 23.8 Å². The molecule has 0 aliphatic carbocycles. The third kappa shape index (κ3) is 2.54. The summed E-state index contributed by atoms with van der Waals surface area (Å²) in [4.78, 5) is 13.6. The average Bonchev–Trinajstić information content (AvgIpc) is 2.73. The molecule has 0 spiro atoms. The Bertz CT molecular complexity index is 715. The highest BCUT2D eigenvalue weighted by Crippen LogP contribution is 2.34. The van der Waals surface area contributed by atoms with Crippen LogP contribution in [0.15, 0.2) is 23.1 Å². The molecule has 0 unspecified atom stereocenters. The van der Waals surface area contributed by atoms with E-state index in [0.29, 0.717) is 18.0 Å². The van der Waals surface area contributed by atoms with Crippen molar-refractivity contribution in [2.24, 2.45) is 5.41 Å². The predicted octanol–water partition coefficient (Wildman–Crippen LogP) is 2.02. The lowest BCUT2D eigenvalue weighted by Gasteiger charge is -2.36. The molecule has 1 aromatic rings. The number of piperidine rings is 1. The van der Waals surface area contributed by atoms with E-state index < -0.39 is 10.0 Å². The number of hydrogen-bond acceptors (Lipinski definition) is 3. The van der Waals surface area contributed by atoms with Crippen LogP contribution in [0.2, 0.25) is 0 Å². The van der Waals surface area contributed by atoms with Gasteiger partial charge in [0.05, 0.1) is 11.3 Å². The number of sulfonamides is 1. The van der Waals surface area contributed by atoms with Gasteiger partial charge in [-0.05, 0) is 42.0 Å². The quantitative estimate of drug-likeness (QED) is 0.837. The van der Waals surface area contributed by atoms with Crippen LogP contribution in [0.4, 0.5) is 5.69 Å². The minimum atomic E-state index is -3.47. The zero-order valence-corrected chi connectivity index (χ0v) is 14.1. The van der Waals surface area contributed by atoms with Gasteiger partial charge >= 0.3 is 0 Å². The Labute approximate surface area is 132 Å². The van der Waals surface area contributed by atoms with Gasteiger partial charge in [0, 0.05) is 25.8 Å². The first-order valence-electron chi connectivity index (χ1n) is 7.60. The van der Waals surface area contributed by atoms with E-state index in [1.807, 2.05) is 0 Å². The van der Waals surface area contributed by atoms with E-state index in [1.54, 1.807) is 34.5 Å². The number of amides is 1. The minimum Gasteiger partial charge on any atom is -0.315 e. The van der Waals surface area contributed by atoms with Crippen molar-refractivity contribution in [2.75, 3.05) is 25.0 Å². The molecule has 120 valence electrons. The SMILES string of the molecule is CN1C(=O)Cc2cc(S(=O)(=O)N3CCC(C)(C)CC3)ccc21. The molecule has 1 amide bonds. The number of fused-ring (bicyclic) bond motifs is 1. The zero-order valence-electron chi connectivity index (χ0n) is 13.3. The zero-order chi connectivity index (χ0) is 16.1. The van der Waals surface area contributed by atoms with Crippen LogP contribution >= 0.6 is 0 Å². The van der Waals surface area contributed by atoms with E-state index in [-0.39, 0.29) is 17.7 Å². The molecule has 0 bridgehead atoms. The summed E-state index contributed by atoms with van der Waals surface area (Å²) < 4.78 is 27.1. The Hall–Kier alpha value is -1.40. The van der Waals surface area contributed by atoms with Crippen molar-refractivity contribution >= 4 is 21.6 Å². The average molecular weight is 322 g/mol. The number of anilines is 1. The largest absolute Gasteiger partial charge is 0.315 e. The smallest absolute Gasteiger partial charge is 0.243 e. The molecule has 2 aliphatic heterocycles. The van der Waals surface area contributed by atoms with Crippen LogP contribution in [0, 0.1) is 5.41 Å². The first-order valence-corrected chi connectivity index (χ1v) is 9.04. The standard InChI is InChI=1S/C16H22N2O3S/c1-16(2)6-8-18(9-7-16)22(20,21)13-4-5-14-12(10-13)11-15(19)17(14)3/h4-5,10H,6-9,11H2,1-3H3. The topological polar surface area (TPSA) is 57.7 Å². The minimum absolute atomic E-state index is 0.00395. The van der Waals surface area contributed by atoms with Gasteiger partial charge in [0.15, 0.2) is 0 Å². The molecule has 2 aliphatic rings. The Kier molecular flexibility index (Phi) is 3.57. The maximum absolute atomic E-state index is 12.8. The number of carbonyl (C=O) groups excluding carboxylic acids is 1. The number of likely N-dealkylation sites (N-methyl/N-ethyl adjacent to an activating group) is 1. The second kappa shape index (κ2) is 5.06. The normalized spacial score (nSPS) is 22.0. The monoisotopic (exact) mass is 322 g/mol. The van der Waals surface area contributed by atoms with Crippen molar-refractivity contribution in [1.29, 1.82) is 0 Å². The summed E-state index contributed by atoms with van der Waals surface area (Å²) in [5, 5.41) is 0. The van der Waals surface area contributed by atoms with Crippen LogP contribution in [0.1, 0.15) is 32.3 Å². The van der Waals surface area contributed by atoms with Crippen molar-refractivity contribution < 1.29 is 13.2 Å². The molecule has 0 saturated carbocycles. The van der Waals surface area contributed by atoms with E-state index in [1.165, 1.54) is 0 Å². The van der Waals surface area contributed by atoms with Crippen LogP contribution in [-0.4, -0.2) is 38.8 Å². The molecule has 1 saturated heterocycles. The highest BCUT2D eigenvalue weighted by atomic mass is 32.2. The lowest BCUT2D eigenvalue weighted by molar-refractivity contribution is -0.117. The van der Waals surface area contributed by atoms with Gasteiger partial charge in [0.2, 0.25) is 15.9 Å². The van der Waals surface area contributed by atoms with E-state index in [0.717, 1.165) is 24.1 Å². The summed E-state index contributed by atoms with van der Waals surface area (Å²) in [6.07, 6.45) is 2.03. The van der Waals surface area contributed by atoms with Crippen LogP contribution in [0.5, 0.6) is 0 Å². The number of rotatable bonds is 2. The molecular weight excluding hydrogens is 300 g/mol. The van der Waals surface area contributed by atoms with E-state index in [2.05, 4.69) is 13.8 Å². The molecule has 2 heterocycles. The van der Waals surface area contributed by atoms with Gasteiger partial charge < -0.3 is 4.90 Å². The molecule has 22 heavy (non-hydrogen) atoms. The summed E-state index contributed by atoms with van der Waals surface area (Å²) in [5.74, 6) is 0.00395. The highest BCUT2D eigenvalue weighted by Gasteiger charge is 2.34. The molecule has 1 aromatic carbocycles. The third-order valence-electron chi connectivity index (χ3n) is 4.84. The van der Waals surface area contributed by atoms with Gasteiger partial charge in [-0.1, -0.05) is 13.8 Å². The molecule has 5 nitrogen and oxygen atoms in total. The van der Waals surface area contributed by atoms with E-state index in [4.69, 9.17) is 0 Å². The molecule has 0 N–H and O–H groups in total. The van der Waals surface area contributed by atoms with Crippen LogP contribution in [0.25, 0.3) is 0 Å². The summed E-state index contributed by atoms with van der Waals surface area (Å²) in [6, 6.07) is 5.01. The fraction of sp³-hybridized carbons (Fsp3) is 0.562. The number of nitrogens with zero attached hydrogens (tertiary/aromatic N) is 2.